The molecule has 98 valence electrons. The van der Waals surface area contributed by atoms with E-state index in [2.05, 4.69) is 0 Å². The molecule has 1 aromatic rings. The van der Waals surface area contributed by atoms with Crippen molar-refractivity contribution in [2.75, 3.05) is 0 Å². The Morgan fingerprint density at radius 3 is 2.06 bits per heavy atom. The van der Waals surface area contributed by atoms with Gasteiger partial charge in [0.25, 0.3) is 0 Å². The molecule has 1 aromatic heterocycles. The predicted molar refractivity (Wildman–Crippen MR) is 58.2 cm³/mol. The van der Waals surface area contributed by atoms with E-state index in [0.717, 1.165) is 5.69 Å². The first-order valence-corrected chi connectivity index (χ1v) is 8.02. The number of aryl methyl sites for hydroxylation is 1. The van der Waals surface area contributed by atoms with Crippen LogP contribution in [-0.4, -0.2) is 29.7 Å². The minimum absolute atomic E-state index is 0.446. The van der Waals surface area contributed by atoms with Gasteiger partial charge in [0, 0.05) is 6.07 Å². The zero-order valence-corrected chi connectivity index (χ0v) is 11.1. The molecule has 0 saturated heterocycles. The van der Waals surface area contributed by atoms with Crippen molar-refractivity contribution in [3.63, 3.8) is 0 Å². The Morgan fingerprint density at radius 1 is 1.29 bits per heavy atom. The SMILES string of the molecule is Cc1cc[n+](CC(P(=O)(O)O)P(=O)(O)O)n1C. The summed E-state index contributed by atoms with van der Waals surface area (Å²) in [4.78, 5) is 35.9. The molecule has 0 aromatic carbocycles. The van der Waals surface area contributed by atoms with Gasteiger partial charge >= 0.3 is 15.2 Å². The quantitative estimate of drug-likeness (QED) is 0.428. The maximum Gasteiger partial charge on any atom is 0.347 e. The van der Waals surface area contributed by atoms with E-state index < -0.39 is 27.1 Å². The van der Waals surface area contributed by atoms with Gasteiger partial charge in [0.2, 0.25) is 5.40 Å². The molecule has 1 heterocycles. The normalized spacial score (nSPS) is 13.4. The van der Waals surface area contributed by atoms with Crippen LogP contribution in [0, 0.1) is 6.92 Å². The zero-order valence-electron chi connectivity index (χ0n) is 9.33. The highest BCUT2D eigenvalue weighted by Gasteiger charge is 2.47. The first kappa shape index (κ1) is 14.6. The topological polar surface area (TPSA) is 124 Å². The molecule has 0 aliphatic rings. The van der Waals surface area contributed by atoms with E-state index in [1.54, 1.807) is 24.7 Å². The zero-order chi connectivity index (χ0) is 13.4. The van der Waals surface area contributed by atoms with Crippen molar-refractivity contribution >= 4 is 15.2 Å². The van der Waals surface area contributed by atoms with E-state index in [1.807, 2.05) is 0 Å². The van der Waals surface area contributed by atoms with E-state index in [-0.39, 0.29) is 0 Å². The third kappa shape index (κ3) is 3.48. The Morgan fingerprint density at radius 2 is 1.76 bits per heavy atom. The average Bonchev–Trinajstić information content (AvgIpc) is 2.40. The molecule has 0 fully saturated rings. The highest BCUT2D eigenvalue weighted by molar-refractivity contribution is 7.70. The molecule has 4 N–H and O–H groups in total. The van der Waals surface area contributed by atoms with Gasteiger partial charge in [-0.25, -0.2) is 0 Å². The van der Waals surface area contributed by atoms with Crippen LogP contribution in [0.25, 0.3) is 0 Å². The predicted octanol–water partition coefficient (Wildman–Crippen LogP) is -0.697. The second kappa shape index (κ2) is 4.65. The maximum atomic E-state index is 11.1. The number of nitrogens with zero attached hydrogens (tertiary/aromatic N) is 2. The summed E-state index contributed by atoms with van der Waals surface area (Å²) in [6, 6.07) is 1.68. The van der Waals surface area contributed by atoms with E-state index in [4.69, 9.17) is 19.6 Å². The van der Waals surface area contributed by atoms with E-state index in [1.165, 1.54) is 10.9 Å². The molecule has 0 saturated carbocycles. The van der Waals surface area contributed by atoms with Crippen LogP contribution in [0.4, 0.5) is 0 Å². The van der Waals surface area contributed by atoms with Gasteiger partial charge in [0.15, 0.2) is 12.7 Å². The summed E-state index contributed by atoms with van der Waals surface area (Å²) in [6.07, 6.45) is 1.51. The van der Waals surface area contributed by atoms with Gasteiger partial charge in [-0.15, -0.1) is 4.68 Å². The van der Waals surface area contributed by atoms with Crippen LogP contribution in [0.1, 0.15) is 5.69 Å². The van der Waals surface area contributed by atoms with Crippen LogP contribution >= 0.6 is 15.2 Å². The summed E-state index contributed by atoms with van der Waals surface area (Å²) in [5.74, 6) is 0. The van der Waals surface area contributed by atoms with Crippen LogP contribution in [0.15, 0.2) is 12.3 Å². The average molecular weight is 285 g/mol. The fourth-order valence-electron chi connectivity index (χ4n) is 1.36. The summed E-state index contributed by atoms with van der Waals surface area (Å²) in [6.45, 7) is 1.32. The van der Waals surface area contributed by atoms with Crippen LogP contribution in [0.3, 0.4) is 0 Å². The molecule has 10 heteroatoms. The Bertz CT molecular complexity index is 478. The molecule has 1 rings (SSSR count). The third-order valence-corrected chi connectivity index (χ3v) is 6.20. The molecule has 0 radical (unpaired) electrons. The fourth-order valence-corrected chi connectivity index (χ4v) is 3.69. The first-order valence-electron chi connectivity index (χ1n) is 4.66. The van der Waals surface area contributed by atoms with E-state index in [0.29, 0.717) is 0 Å². The number of aromatic nitrogens is 2. The summed E-state index contributed by atoms with van der Waals surface area (Å²) in [7, 11) is -8.11. The number of hydrogen-bond donors (Lipinski definition) is 4. The molecule has 8 nitrogen and oxygen atoms in total. The van der Waals surface area contributed by atoms with Crippen LogP contribution in [0.2, 0.25) is 0 Å². The minimum atomic E-state index is -4.87. The molecule has 0 atom stereocenters. The summed E-state index contributed by atoms with van der Waals surface area (Å²) >= 11 is 0. The molecule has 0 spiro atoms. The van der Waals surface area contributed by atoms with Gasteiger partial charge in [-0.3, -0.25) is 9.13 Å². The van der Waals surface area contributed by atoms with Gasteiger partial charge in [-0.05, 0) is 6.92 Å². The highest BCUT2D eigenvalue weighted by Crippen LogP contribution is 2.59. The molecule has 0 bridgehead atoms. The van der Waals surface area contributed by atoms with Crippen molar-refractivity contribution in [1.29, 1.82) is 0 Å². The third-order valence-electron chi connectivity index (χ3n) is 2.51. The lowest BCUT2D eigenvalue weighted by Gasteiger charge is -2.16. The van der Waals surface area contributed by atoms with Gasteiger partial charge in [0.05, 0.1) is 12.7 Å². The van der Waals surface area contributed by atoms with Crippen molar-refractivity contribution in [1.82, 2.24) is 4.68 Å². The molecule has 0 amide bonds. The van der Waals surface area contributed by atoms with Crippen molar-refractivity contribution < 1.29 is 33.4 Å². The fraction of sp³-hybridized carbons (Fsp3) is 0.571. The van der Waals surface area contributed by atoms with Crippen LogP contribution in [-0.2, 0) is 22.7 Å². The molecular formula is C7H15N2O6P2+. The number of hydrogen-bond acceptors (Lipinski definition) is 2. The number of rotatable bonds is 4. The second-order valence-electron chi connectivity index (χ2n) is 3.76. The molecule has 0 unspecified atom stereocenters. The van der Waals surface area contributed by atoms with Crippen molar-refractivity contribution in [2.24, 2.45) is 7.05 Å². The molecule has 17 heavy (non-hydrogen) atoms. The summed E-state index contributed by atoms with van der Waals surface area (Å²) < 4.78 is 25.1. The largest absolute Gasteiger partial charge is 0.347 e. The first-order chi connectivity index (χ1) is 7.53. The van der Waals surface area contributed by atoms with Gasteiger partial charge in [-0.2, -0.15) is 4.68 Å². The second-order valence-corrected chi connectivity index (χ2v) is 7.77. The highest BCUT2D eigenvalue weighted by atomic mass is 31.2. The summed E-state index contributed by atoms with van der Waals surface area (Å²) in [5.41, 5.74) is 0.806. The lowest BCUT2D eigenvalue weighted by atomic mass is 10.5. The van der Waals surface area contributed by atoms with Crippen LogP contribution in [0.5, 0.6) is 0 Å². The van der Waals surface area contributed by atoms with Crippen molar-refractivity contribution in [3.8, 4) is 0 Å². The Balaban J connectivity index is 3.09. The van der Waals surface area contributed by atoms with E-state index in [9.17, 15) is 9.13 Å². The van der Waals surface area contributed by atoms with Gasteiger partial charge < -0.3 is 19.6 Å². The monoisotopic (exact) mass is 285 g/mol. The Hall–Kier alpha value is -0.490. The standard InChI is InChI=1S/C7H14N2O6P2/c1-6-3-4-9(8(6)2)5-7(16(10,11)12)17(13,14)15/h3-4,7H,5H2,1-2H3,(H3-,10,11,12,13,14,15)/p+1. The minimum Gasteiger partial charge on any atom is -0.324 e. The van der Waals surface area contributed by atoms with Crippen molar-refractivity contribution in [3.05, 3.63) is 18.0 Å². The van der Waals surface area contributed by atoms with E-state index >= 15 is 0 Å². The van der Waals surface area contributed by atoms with Crippen LogP contribution < -0.4 is 4.68 Å². The Labute approximate surface area is 97.8 Å². The smallest absolute Gasteiger partial charge is 0.324 e. The molecule has 0 aliphatic heterocycles. The Kier molecular flexibility index (Phi) is 3.98. The summed E-state index contributed by atoms with van der Waals surface area (Å²) in [5, 5.41) is -2.02. The lowest BCUT2D eigenvalue weighted by molar-refractivity contribution is -0.771. The van der Waals surface area contributed by atoms with Crippen molar-refractivity contribution in [2.45, 2.75) is 18.9 Å². The van der Waals surface area contributed by atoms with Gasteiger partial charge in [-0.1, -0.05) is 0 Å². The molecular weight excluding hydrogens is 270 g/mol. The maximum absolute atomic E-state index is 11.1. The lowest BCUT2D eigenvalue weighted by Crippen LogP contribution is -2.46. The molecule has 0 aliphatic carbocycles. The van der Waals surface area contributed by atoms with Gasteiger partial charge in [0.1, 0.15) is 0 Å².